The molecule has 0 spiro atoms. The Kier molecular flexibility index (Phi) is 13.8. The van der Waals surface area contributed by atoms with E-state index in [0.717, 1.165) is 0 Å². The fraction of sp³-hybridized carbons (Fsp3) is 0.450. The predicted molar refractivity (Wildman–Crippen MR) is 214 cm³/mol. The zero-order chi connectivity index (χ0) is 44.4. The van der Waals surface area contributed by atoms with Crippen LogP contribution in [0.25, 0.3) is 0 Å². The summed E-state index contributed by atoms with van der Waals surface area (Å²) in [5, 5.41) is 0.475. The van der Waals surface area contributed by atoms with Crippen molar-refractivity contribution >= 4 is 65.2 Å². The second kappa shape index (κ2) is 17.8. The Hall–Kier alpha value is -4.57. The molecule has 2 aromatic carbocycles. The molecule has 0 aliphatic carbocycles. The van der Waals surface area contributed by atoms with Crippen molar-refractivity contribution in [2.24, 2.45) is 0 Å². The highest BCUT2D eigenvalue weighted by Gasteiger charge is 2.48. The third kappa shape index (κ3) is 9.96. The van der Waals surface area contributed by atoms with E-state index in [1.54, 1.807) is 13.0 Å². The normalized spacial score (nSPS) is 21.8. The highest BCUT2D eigenvalue weighted by Crippen LogP contribution is 2.51. The quantitative estimate of drug-likeness (QED) is 0.0894. The van der Waals surface area contributed by atoms with Gasteiger partial charge in [0.2, 0.25) is 5.69 Å². The number of anilines is 1. The van der Waals surface area contributed by atoms with Crippen LogP contribution in [-0.2, 0) is 65.1 Å². The van der Waals surface area contributed by atoms with Crippen molar-refractivity contribution < 1.29 is 67.4 Å². The van der Waals surface area contributed by atoms with Gasteiger partial charge in [0.05, 0.1) is 31.7 Å². The lowest BCUT2D eigenvalue weighted by Gasteiger charge is -2.30. The summed E-state index contributed by atoms with van der Waals surface area (Å²) in [6.07, 6.45) is 7.60. The summed E-state index contributed by atoms with van der Waals surface area (Å²) in [7, 11) is -12.7. The number of nitrogens with zero attached hydrogens (tertiary/aromatic N) is 3. The number of benzene rings is 2. The fourth-order valence-corrected chi connectivity index (χ4v) is 9.55. The van der Waals surface area contributed by atoms with Crippen molar-refractivity contribution in [3.05, 3.63) is 83.1 Å². The number of ether oxygens (including phenoxy) is 1. The van der Waals surface area contributed by atoms with Crippen LogP contribution in [0.4, 0.5) is 11.4 Å². The number of fused-ring (bicyclic) bond motifs is 2. The fourth-order valence-electron chi connectivity index (χ4n) is 8.05. The molecule has 0 N–H and O–H groups in total. The molecule has 0 radical (unpaired) electrons. The van der Waals surface area contributed by atoms with Gasteiger partial charge >= 0.3 is 5.97 Å². The van der Waals surface area contributed by atoms with Gasteiger partial charge in [0.25, 0.3) is 11.8 Å². The van der Waals surface area contributed by atoms with E-state index in [4.69, 9.17) is 9.57 Å². The first-order valence-corrected chi connectivity index (χ1v) is 23.5. The Morgan fingerprint density at radius 3 is 2.08 bits per heavy atom. The minimum Gasteiger partial charge on any atom is -0.748 e. The maximum atomic E-state index is 12.7. The largest absolute Gasteiger partial charge is 0.748 e. The van der Waals surface area contributed by atoms with Crippen LogP contribution in [0.3, 0.4) is 0 Å². The van der Waals surface area contributed by atoms with Gasteiger partial charge in [0, 0.05) is 79.8 Å². The summed E-state index contributed by atoms with van der Waals surface area (Å²) >= 11 is 0. The molecule has 2 amide bonds. The van der Waals surface area contributed by atoms with Crippen molar-refractivity contribution in [3.8, 4) is 0 Å². The zero-order valence-corrected chi connectivity index (χ0v) is 36.3. The highest BCUT2D eigenvalue weighted by molar-refractivity contribution is 7.86. The van der Waals surface area contributed by atoms with Gasteiger partial charge in [-0.15, -0.1) is 5.06 Å². The highest BCUT2D eigenvalue weighted by atomic mass is 32.2. The molecule has 3 heterocycles. The first kappa shape index (κ1) is 46.5. The number of imide groups is 1. The number of hydroxylamine groups is 2. The molecule has 5 rings (SSSR count). The summed E-state index contributed by atoms with van der Waals surface area (Å²) in [4.78, 5) is 42.8. The minimum atomic E-state index is -4.84. The average molecular weight is 890 g/mol. The van der Waals surface area contributed by atoms with E-state index >= 15 is 0 Å². The van der Waals surface area contributed by atoms with Crippen molar-refractivity contribution in [3.63, 3.8) is 0 Å². The molecule has 60 heavy (non-hydrogen) atoms. The monoisotopic (exact) mass is 889 g/mol. The number of carbonyl (C=O) groups excluding carboxylic acids is 3. The Balaban J connectivity index is 1.55. The molecule has 326 valence electrons. The summed E-state index contributed by atoms with van der Waals surface area (Å²) in [5.74, 6) is -2.65. The van der Waals surface area contributed by atoms with Crippen LogP contribution in [0.15, 0.2) is 81.8 Å². The van der Waals surface area contributed by atoms with Gasteiger partial charge in [0.1, 0.15) is 26.8 Å². The number of hydrogen-bond donors (Lipinski definition) is 0. The van der Waals surface area contributed by atoms with Gasteiger partial charge in [-0.1, -0.05) is 17.7 Å². The van der Waals surface area contributed by atoms with Crippen molar-refractivity contribution in [1.29, 1.82) is 0 Å². The molecule has 2 unspecified atom stereocenters. The summed E-state index contributed by atoms with van der Waals surface area (Å²) in [6, 6.07) is 8.12. The topological polar surface area (TPSA) is 251 Å². The number of allylic oxidation sites excluding steroid dienone is 6. The van der Waals surface area contributed by atoms with Crippen LogP contribution in [0, 0.1) is 0 Å². The molecule has 2 atom stereocenters. The second-order valence-corrected chi connectivity index (χ2v) is 19.5. The third-order valence-corrected chi connectivity index (χ3v) is 13.6. The number of amides is 2. The van der Waals surface area contributed by atoms with Gasteiger partial charge in [-0.3, -0.25) is 9.59 Å². The van der Waals surface area contributed by atoms with Crippen LogP contribution >= 0.6 is 0 Å². The molecule has 1 saturated heterocycles. The Bertz CT molecular complexity index is 2530. The molecule has 3 aliphatic rings. The number of hydrogen-bond acceptors (Lipinski definition) is 15. The smallest absolute Gasteiger partial charge is 0.333 e. The van der Waals surface area contributed by atoms with Crippen LogP contribution in [-0.4, -0.2) is 105 Å². The number of carbonyl (C=O) groups is 3. The second-order valence-electron chi connectivity index (χ2n) is 15.3. The molecule has 1 fully saturated rings. The van der Waals surface area contributed by atoms with Crippen LogP contribution < -0.4 is 4.90 Å². The summed E-state index contributed by atoms with van der Waals surface area (Å²) in [6.45, 7) is 8.22. The summed E-state index contributed by atoms with van der Waals surface area (Å²) in [5.41, 5.74) is 2.35. The Labute approximate surface area is 350 Å². The number of methoxy groups -OCH3 is 1. The molecule has 0 bridgehead atoms. The van der Waals surface area contributed by atoms with Gasteiger partial charge in [0.15, 0.2) is 5.71 Å². The first-order valence-electron chi connectivity index (χ1n) is 19.1. The van der Waals surface area contributed by atoms with Gasteiger partial charge < -0.3 is 28.1 Å². The zero-order valence-electron chi connectivity index (χ0n) is 33.8. The molecule has 3 aliphatic heterocycles. The molecule has 2 aromatic rings. The van der Waals surface area contributed by atoms with Crippen LogP contribution in [0.2, 0.25) is 0 Å². The lowest BCUT2D eigenvalue weighted by molar-refractivity contribution is -0.438. The van der Waals surface area contributed by atoms with Crippen molar-refractivity contribution in [1.82, 2.24) is 5.06 Å². The van der Waals surface area contributed by atoms with E-state index in [9.17, 15) is 53.3 Å². The van der Waals surface area contributed by atoms with Gasteiger partial charge in [-0.25, -0.2) is 30.0 Å². The first-order chi connectivity index (χ1) is 27.9. The maximum absolute atomic E-state index is 12.7. The van der Waals surface area contributed by atoms with E-state index in [1.165, 1.54) is 43.5 Å². The predicted octanol–water partition coefficient (Wildman–Crippen LogP) is 3.78. The number of rotatable bonds is 18. The van der Waals surface area contributed by atoms with E-state index in [1.807, 2.05) is 48.5 Å². The van der Waals surface area contributed by atoms with Crippen LogP contribution in [0.5, 0.6) is 0 Å². The standard InChI is InChI=1S/C40H49N3O14S3/c1-6-41-32-14-12-28(59(50,51)52)25-30(32)39(3,20-8-24-58(47,48)49)34(41)16-10-27(2)11-17-35-40(4,21-23-56-5)31-26-29(60(53,54)55)13-15-33(31)42(35)22-7-9-38(46)57-43-36(44)18-19-37(43)45/h10-17,25-26H,6-9,18-24H2,1-5H3,(H2-,47,48,49,50,51,52,53,54,55)/p-2. The van der Waals surface area contributed by atoms with E-state index < -0.39 is 74.5 Å². The van der Waals surface area contributed by atoms with E-state index in [0.29, 0.717) is 57.5 Å². The molecule has 0 aromatic heterocycles. The lowest BCUT2D eigenvalue weighted by atomic mass is 9.76. The van der Waals surface area contributed by atoms with E-state index in [2.05, 4.69) is 0 Å². The van der Waals surface area contributed by atoms with Crippen LogP contribution in [0.1, 0.15) is 83.8 Å². The molecule has 0 saturated carbocycles. The molecule has 20 heteroatoms. The molecular formula is C40H47N3O14S3-2. The SMILES string of the molecule is CCN1C(=CC=C(C)C=CC2=[N+](CCCC(=O)ON3C(=O)CCC3=O)c3ccc(S(=O)(=O)[O-])cc3C2(C)CCOC)C(C)(CCCS(=O)(=O)[O-])c2cc(S(=O)(=O)[O-])ccc21. The Morgan fingerprint density at radius 1 is 0.883 bits per heavy atom. The number of likely N-dealkylation sites (N-methyl/N-ethyl adjacent to an activating group) is 1. The lowest BCUT2D eigenvalue weighted by Crippen LogP contribution is -2.33. The van der Waals surface area contributed by atoms with Gasteiger partial charge in [-0.05, 0) is 88.9 Å². The Morgan fingerprint density at radius 2 is 1.50 bits per heavy atom. The van der Waals surface area contributed by atoms with Gasteiger partial charge in [-0.2, -0.15) is 4.58 Å². The average Bonchev–Trinajstić information content (AvgIpc) is 3.69. The third-order valence-electron chi connectivity index (χ3n) is 11.2. The summed E-state index contributed by atoms with van der Waals surface area (Å²) < 4.78 is 115. The molecule has 17 nitrogen and oxygen atoms in total. The van der Waals surface area contributed by atoms with E-state index in [-0.39, 0.29) is 51.7 Å². The minimum absolute atomic E-state index is 0.0377. The van der Waals surface area contributed by atoms with Crippen molar-refractivity contribution in [2.45, 2.75) is 93.3 Å². The molecular weight excluding hydrogens is 843 g/mol. The van der Waals surface area contributed by atoms with Crippen molar-refractivity contribution in [2.75, 3.05) is 37.5 Å². The maximum Gasteiger partial charge on any atom is 0.333 e.